The number of aromatic nitrogens is 2. The summed E-state index contributed by atoms with van der Waals surface area (Å²) in [5, 5.41) is 24.0. The Kier molecular flexibility index (Phi) is 6.36. The fraction of sp³-hybridized carbons (Fsp3) is 0.786. The van der Waals surface area contributed by atoms with Crippen LogP contribution >= 0.6 is 0 Å². The maximum absolute atomic E-state index is 9.87. The second-order valence-electron chi connectivity index (χ2n) is 4.88. The molecule has 0 aliphatic carbocycles. The van der Waals surface area contributed by atoms with Crippen molar-refractivity contribution >= 4 is 0 Å². The van der Waals surface area contributed by atoms with Crippen LogP contribution < -0.4 is 0 Å². The summed E-state index contributed by atoms with van der Waals surface area (Å²) >= 11 is 0. The molecule has 0 bridgehead atoms. The second kappa shape index (κ2) is 7.54. The molecular formula is C14H26N2O2. The number of hydrogen-bond acceptors (Lipinski definition) is 3. The van der Waals surface area contributed by atoms with Crippen LogP contribution in [0.15, 0.2) is 12.3 Å². The van der Waals surface area contributed by atoms with E-state index in [0.29, 0.717) is 18.9 Å². The van der Waals surface area contributed by atoms with E-state index in [2.05, 4.69) is 18.9 Å². The van der Waals surface area contributed by atoms with Crippen LogP contribution in [0.1, 0.15) is 58.2 Å². The van der Waals surface area contributed by atoms with E-state index in [4.69, 9.17) is 0 Å². The third kappa shape index (κ3) is 4.10. The van der Waals surface area contributed by atoms with Crippen LogP contribution in [0.3, 0.4) is 0 Å². The summed E-state index contributed by atoms with van der Waals surface area (Å²) in [6.07, 6.45) is 4.65. The van der Waals surface area contributed by atoms with Crippen molar-refractivity contribution in [3.8, 4) is 0 Å². The quantitative estimate of drug-likeness (QED) is 0.748. The molecule has 1 heterocycles. The number of aliphatic hydroxyl groups excluding tert-OH is 2. The maximum Gasteiger partial charge on any atom is 0.0855 e. The van der Waals surface area contributed by atoms with Crippen LogP contribution in [-0.2, 0) is 6.42 Å². The summed E-state index contributed by atoms with van der Waals surface area (Å²) in [4.78, 5) is 0. The Morgan fingerprint density at radius 2 is 1.83 bits per heavy atom. The maximum atomic E-state index is 9.87. The smallest absolute Gasteiger partial charge is 0.0855 e. The Bertz CT molecular complexity index is 334. The zero-order valence-electron chi connectivity index (χ0n) is 11.7. The molecule has 0 aliphatic rings. The summed E-state index contributed by atoms with van der Waals surface area (Å²) in [6, 6.07) is 2.36. The Morgan fingerprint density at radius 3 is 2.39 bits per heavy atom. The monoisotopic (exact) mass is 254 g/mol. The highest BCUT2D eigenvalue weighted by molar-refractivity contribution is 5.02. The first kappa shape index (κ1) is 15.2. The zero-order chi connectivity index (χ0) is 13.5. The van der Waals surface area contributed by atoms with Crippen LogP contribution in [0, 0.1) is 0 Å². The Hall–Kier alpha value is -0.870. The fourth-order valence-electron chi connectivity index (χ4n) is 2.19. The summed E-state index contributed by atoms with van der Waals surface area (Å²) < 4.78 is 1.97. The van der Waals surface area contributed by atoms with Gasteiger partial charge in [-0.3, -0.25) is 4.68 Å². The second-order valence-corrected chi connectivity index (χ2v) is 4.88. The summed E-state index contributed by atoms with van der Waals surface area (Å²) in [7, 11) is 0. The SMILES string of the molecule is CCCC(O)C(O)Cc1ccn(C(CC)CC)n1. The molecule has 0 saturated heterocycles. The molecule has 0 amide bonds. The van der Waals surface area contributed by atoms with Crippen LogP contribution in [-0.4, -0.2) is 32.2 Å². The first-order valence-corrected chi connectivity index (χ1v) is 7.02. The summed E-state index contributed by atoms with van der Waals surface area (Å²) in [6.45, 7) is 6.29. The largest absolute Gasteiger partial charge is 0.390 e. The van der Waals surface area contributed by atoms with E-state index < -0.39 is 12.2 Å². The van der Waals surface area contributed by atoms with Crippen LogP contribution in [0.25, 0.3) is 0 Å². The molecule has 2 N–H and O–H groups in total. The van der Waals surface area contributed by atoms with E-state index in [-0.39, 0.29) is 0 Å². The molecule has 104 valence electrons. The minimum atomic E-state index is -0.713. The third-order valence-corrected chi connectivity index (χ3v) is 3.43. The molecule has 1 aromatic heterocycles. The molecule has 4 nitrogen and oxygen atoms in total. The van der Waals surface area contributed by atoms with Gasteiger partial charge in [0.05, 0.1) is 23.9 Å². The topological polar surface area (TPSA) is 58.3 Å². The standard InChI is InChI=1S/C14H26N2O2/c1-4-7-13(17)14(18)10-11-8-9-16(15-11)12(5-2)6-3/h8-9,12-14,17-18H,4-7,10H2,1-3H3. The molecule has 4 heteroatoms. The lowest BCUT2D eigenvalue weighted by atomic mass is 10.0. The van der Waals surface area contributed by atoms with Gasteiger partial charge in [0.25, 0.3) is 0 Å². The van der Waals surface area contributed by atoms with E-state index in [1.165, 1.54) is 0 Å². The van der Waals surface area contributed by atoms with Gasteiger partial charge in [0, 0.05) is 12.6 Å². The molecule has 1 rings (SSSR count). The van der Waals surface area contributed by atoms with E-state index in [1.54, 1.807) is 0 Å². The molecule has 0 fully saturated rings. The predicted octanol–water partition coefficient (Wildman–Crippen LogP) is 2.31. The van der Waals surface area contributed by atoms with Gasteiger partial charge in [0.1, 0.15) is 0 Å². The highest BCUT2D eigenvalue weighted by Gasteiger charge is 2.17. The van der Waals surface area contributed by atoms with Crippen molar-refractivity contribution in [1.82, 2.24) is 9.78 Å². The van der Waals surface area contributed by atoms with E-state index in [1.807, 2.05) is 23.9 Å². The first-order chi connectivity index (χ1) is 8.62. The van der Waals surface area contributed by atoms with Crippen molar-refractivity contribution in [1.29, 1.82) is 0 Å². The highest BCUT2D eigenvalue weighted by atomic mass is 16.3. The molecule has 2 atom stereocenters. The van der Waals surface area contributed by atoms with E-state index >= 15 is 0 Å². The van der Waals surface area contributed by atoms with Crippen LogP contribution in [0.2, 0.25) is 0 Å². The summed E-state index contributed by atoms with van der Waals surface area (Å²) in [5.74, 6) is 0. The Labute approximate surface area is 110 Å². The predicted molar refractivity (Wildman–Crippen MR) is 72.5 cm³/mol. The van der Waals surface area contributed by atoms with Crippen molar-refractivity contribution in [2.75, 3.05) is 0 Å². The minimum absolute atomic E-state index is 0.425. The van der Waals surface area contributed by atoms with Crippen molar-refractivity contribution < 1.29 is 10.2 Å². The summed E-state index contributed by atoms with van der Waals surface area (Å²) in [5.41, 5.74) is 0.851. The lowest BCUT2D eigenvalue weighted by Crippen LogP contribution is -2.28. The Morgan fingerprint density at radius 1 is 1.17 bits per heavy atom. The van der Waals surface area contributed by atoms with Crippen molar-refractivity contribution in [2.45, 2.75) is 71.1 Å². The van der Waals surface area contributed by atoms with Crippen molar-refractivity contribution in [3.63, 3.8) is 0 Å². The normalized spacial score (nSPS) is 15.0. The molecule has 0 spiro atoms. The molecule has 0 aliphatic heterocycles. The Balaban J connectivity index is 2.58. The van der Waals surface area contributed by atoms with Gasteiger partial charge in [-0.25, -0.2) is 0 Å². The van der Waals surface area contributed by atoms with Crippen molar-refractivity contribution in [2.24, 2.45) is 0 Å². The molecule has 0 saturated carbocycles. The van der Waals surface area contributed by atoms with Gasteiger partial charge in [0.15, 0.2) is 0 Å². The van der Waals surface area contributed by atoms with Gasteiger partial charge in [-0.1, -0.05) is 27.2 Å². The molecular weight excluding hydrogens is 228 g/mol. The minimum Gasteiger partial charge on any atom is -0.390 e. The van der Waals surface area contributed by atoms with Crippen LogP contribution in [0.5, 0.6) is 0 Å². The average molecular weight is 254 g/mol. The number of rotatable bonds is 8. The van der Waals surface area contributed by atoms with Gasteiger partial charge < -0.3 is 10.2 Å². The van der Waals surface area contributed by atoms with E-state index in [9.17, 15) is 10.2 Å². The average Bonchev–Trinajstić information content (AvgIpc) is 2.79. The number of aliphatic hydroxyl groups is 2. The number of nitrogens with zero attached hydrogens (tertiary/aromatic N) is 2. The molecule has 2 unspecified atom stereocenters. The van der Waals surface area contributed by atoms with E-state index in [0.717, 1.165) is 25.0 Å². The van der Waals surface area contributed by atoms with Gasteiger partial charge in [0.2, 0.25) is 0 Å². The fourth-order valence-corrected chi connectivity index (χ4v) is 2.19. The lowest BCUT2D eigenvalue weighted by Gasteiger charge is -2.16. The molecule has 18 heavy (non-hydrogen) atoms. The molecule has 1 aromatic rings. The van der Waals surface area contributed by atoms with Crippen molar-refractivity contribution in [3.05, 3.63) is 18.0 Å². The number of hydrogen-bond donors (Lipinski definition) is 2. The lowest BCUT2D eigenvalue weighted by molar-refractivity contribution is 0.0142. The van der Waals surface area contributed by atoms with Gasteiger partial charge in [-0.05, 0) is 25.3 Å². The highest BCUT2D eigenvalue weighted by Crippen LogP contribution is 2.15. The first-order valence-electron chi connectivity index (χ1n) is 7.02. The van der Waals surface area contributed by atoms with Crippen LogP contribution in [0.4, 0.5) is 0 Å². The molecule has 0 aromatic carbocycles. The molecule has 0 radical (unpaired) electrons. The van der Waals surface area contributed by atoms with Gasteiger partial charge in [-0.15, -0.1) is 0 Å². The zero-order valence-corrected chi connectivity index (χ0v) is 11.7. The van der Waals surface area contributed by atoms with Gasteiger partial charge >= 0.3 is 0 Å². The third-order valence-electron chi connectivity index (χ3n) is 3.43. The van der Waals surface area contributed by atoms with Gasteiger partial charge in [-0.2, -0.15) is 5.10 Å².